The first-order valence-electron chi connectivity index (χ1n) is 6.22. The summed E-state index contributed by atoms with van der Waals surface area (Å²) in [6, 6.07) is 7.11. The molecule has 0 radical (unpaired) electrons. The van der Waals surface area contributed by atoms with Crippen LogP contribution in [-0.4, -0.2) is 23.4 Å². The first-order chi connectivity index (χ1) is 10.9. The van der Waals surface area contributed by atoms with Crippen LogP contribution in [0, 0.1) is 10.1 Å². The lowest BCUT2D eigenvalue weighted by atomic mass is 10.2. The fraction of sp³-hybridized carbons (Fsp3) is 0.0714. The van der Waals surface area contributed by atoms with E-state index in [2.05, 4.69) is 10.5 Å². The number of aromatic hydroxyl groups is 1. The Bertz CT molecular complexity index is 781. The van der Waals surface area contributed by atoms with Crippen molar-refractivity contribution in [1.82, 2.24) is 0 Å². The number of hydrogen-bond donors (Lipinski definition) is 2. The topological polar surface area (TPSA) is 97.0 Å². The molecule has 0 amide bonds. The number of nitro groups is 1. The Balaban J connectivity index is 2.26. The van der Waals surface area contributed by atoms with Gasteiger partial charge in [0.2, 0.25) is 0 Å². The van der Waals surface area contributed by atoms with Crippen LogP contribution in [0.15, 0.2) is 35.4 Å². The molecule has 0 heterocycles. The van der Waals surface area contributed by atoms with E-state index in [1.54, 1.807) is 18.2 Å². The number of nitrogens with one attached hydrogen (secondary N) is 1. The first kappa shape index (κ1) is 16.9. The molecule has 2 N–H and O–H groups in total. The van der Waals surface area contributed by atoms with Gasteiger partial charge in [0, 0.05) is 11.6 Å². The molecule has 7 nitrogen and oxygen atoms in total. The minimum atomic E-state index is -0.592. The molecule has 2 aromatic carbocycles. The Morgan fingerprint density at radius 2 is 2.04 bits per heavy atom. The number of anilines is 1. The standard InChI is InChI=1S/C14H11Cl2N3O4/c1-23-13-6-10(19(21)22)4-8(14(13)20)7-17-18-9-2-3-11(15)12(16)5-9/h2-7,18,20H,1H3. The maximum absolute atomic E-state index is 10.9. The molecule has 0 aromatic heterocycles. The van der Waals surface area contributed by atoms with Crippen molar-refractivity contribution in [3.05, 3.63) is 56.1 Å². The molecule has 2 aromatic rings. The molecular weight excluding hydrogens is 345 g/mol. The molecule has 0 aliphatic carbocycles. The molecule has 23 heavy (non-hydrogen) atoms. The first-order valence-corrected chi connectivity index (χ1v) is 6.97. The van der Waals surface area contributed by atoms with E-state index in [0.717, 1.165) is 6.07 Å². The SMILES string of the molecule is COc1cc([N+](=O)[O-])cc(C=NNc2ccc(Cl)c(Cl)c2)c1O. The quantitative estimate of drug-likeness (QED) is 0.478. The average Bonchev–Trinajstić information content (AvgIpc) is 2.52. The predicted molar refractivity (Wildman–Crippen MR) is 89.0 cm³/mol. The summed E-state index contributed by atoms with van der Waals surface area (Å²) in [6.45, 7) is 0. The zero-order chi connectivity index (χ0) is 17.0. The summed E-state index contributed by atoms with van der Waals surface area (Å²) < 4.78 is 4.90. The van der Waals surface area contributed by atoms with Crippen LogP contribution < -0.4 is 10.2 Å². The van der Waals surface area contributed by atoms with E-state index in [-0.39, 0.29) is 22.7 Å². The summed E-state index contributed by atoms with van der Waals surface area (Å²) in [5, 5.41) is 25.5. The predicted octanol–water partition coefficient (Wildman–Crippen LogP) is 4.06. The highest BCUT2D eigenvalue weighted by atomic mass is 35.5. The number of rotatable bonds is 5. The molecule has 0 fully saturated rings. The van der Waals surface area contributed by atoms with Gasteiger partial charge in [-0.25, -0.2) is 0 Å². The fourth-order valence-corrected chi connectivity index (χ4v) is 2.01. The summed E-state index contributed by atoms with van der Waals surface area (Å²) in [6.07, 6.45) is 1.23. The number of hydrazone groups is 1. The lowest BCUT2D eigenvalue weighted by Gasteiger charge is -2.06. The highest BCUT2D eigenvalue weighted by Crippen LogP contribution is 2.33. The van der Waals surface area contributed by atoms with Gasteiger partial charge < -0.3 is 9.84 Å². The number of methoxy groups -OCH3 is 1. The number of nitro benzene ring substituents is 1. The maximum Gasteiger partial charge on any atom is 0.274 e. The summed E-state index contributed by atoms with van der Waals surface area (Å²) >= 11 is 11.7. The van der Waals surface area contributed by atoms with Gasteiger partial charge in [0.15, 0.2) is 11.5 Å². The normalized spacial score (nSPS) is 10.7. The molecule has 0 unspecified atom stereocenters. The van der Waals surface area contributed by atoms with Crippen molar-refractivity contribution in [1.29, 1.82) is 0 Å². The van der Waals surface area contributed by atoms with Crippen LogP contribution in [-0.2, 0) is 0 Å². The molecular formula is C14H11Cl2N3O4. The summed E-state index contributed by atoms with van der Waals surface area (Å²) in [5.74, 6) is -0.270. The van der Waals surface area contributed by atoms with Gasteiger partial charge in [-0.05, 0) is 18.2 Å². The maximum atomic E-state index is 10.9. The third kappa shape index (κ3) is 4.02. The van der Waals surface area contributed by atoms with Gasteiger partial charge in [0.05, 0.1) is 40.0 Å². The van der Waals surface area contributed by atoms with Crippen molar-refractivity contribution in [2.45, 2.75) is 0 Å². The molecule has 0 saturated carbocycles. The number of phenols is 1. The third-order valence-electron chi connectivity index (χ3n) is 2.84. The molecule has 0 atom stereocenters. The van der Waals surface area contributed by atoms with E-state index in [9.17, 15) is 15.2 Å². The van der Waals surface area contributed by atoms with E-state index in [1.165, 1.54) is 19.4 Å². The number of halogens is 2. The van der Waals surface area contributed by atoms with Crippen LogP contribution in [0.3, 0.4) is 0 Å². The number of benzene rings is 2. The highest BCUT2D eigenvalue weighted by molar-refractivity contribution is 6.42. The Morgan fingerprint density at radius 3 is 2.65 bits per heavy atom. The Hall–Kier alpha value is -2.51. The van der Waals surface area contributed by atoms with Gasteiger partial charge in [-0.3, -0.25) is 15.5 Å². The number of nitrogens with zero attached hydrogens (tertiary/aromatic N) is 2. The van der Waals surface area contributed by atoms with Crippen LogP contribution in [0.4, 0.5) is 11.4 Å². The summed E-state index contributed by atoms with van der Waals surface area (Å²) in [5.41, 5.74) is 3.14. The summed E-state index contributed by atoms with van der Waals surface area (Å²) in [4.78, 5) is 10.3. The minimum Gasteiger partial charge on any atom is -0.504 e. The van der Waals surface area contributed by atoms with Crippen LogP contribution in [0.25, 0.3) is 0 Å². The smallest absolute Gasteiger partial charge is 0.274 e. The molecule has 2 rings (SSSR count). The second-order valence-corrected chi connectivity index (χ2v) is 5.16. The van der Waals surface area contributed by atoms with Crippen LogP contribution in [0.5, 0.6) is 11.5 Å². The van der Waals surface area contributed by atoms with Crippen LogP contribution in [0.1, 0.15) is 5.56 Å². The van der Waals surface area contributed by atoms with Gasteiger partial charge >= 0.3 is 0 Å². The molecule has 0 aliphatic rings. The van der Waals surface area contributed by atoms with Crippen LogP contribution >= 0.6 is 23.2 Å². The Labute approximate surface area is 141 Å². The number of phenolic OH excluding ortho intramolecular Hbond substituents is 1. The molecule has 0 bridgehead atoms. The van der Waals surface area contributed by atoms with E-state index >= 15 is 0 Å². The number of ether oxygens (including phenoxy) is 1. The Morgan fingerprint density at radius 1 is 1.30 bits per heavy atom. The monoisotopic (exact) mass is 355 g/mol. The van der Waals surface area contributed by atoms with Crippen molar-refractivity contribution < 1.29 is 14.8 Å². The van der Waals surface area contributed by atoms with Crippen molar-refractivity contribution in [3.63, 3.8) is 0 Å². The van der Waals surface area contributed by atoms with Crippen molar-refractivity contribution in [2.24, 2.45) is 5.10 Å². The van der Waals surface area contributed by atoms with Crippen molar-refractivity contribution >= 4 is 40.8 Å². The van der Waals surface area contributed by atoms with Crippen LogP contribution in [0.2, 0.25) is 10.0 Å². The van der Waals surface area contributed by atoms with Crippen molar-refractivity contribution in [2.75, 3.05) is 12.5 Å². The number of hydrogen-bond acceptors (Lipinski definition) is 6. The third-order valence-corrected chi connectivity index (χ3v) is 3.58. The van der Waals surface area contributed by atoms with Gasteiger partial charge in [-0.2, -0.15) is 5.10 Å². The molecule has 120 valence electrons. The lowest BCUT2D eigenvalue weighted by Crippen LogP contribution is -1.96. The van der Waals surface area contributed by atoms with E-state index in [4.69, 9.17) is 27.9 Å². The average molecular weight is 356 g/mol. The second-order valence-electron chi connectivity index (χ2n) is 4.34. The molecule has 0 aliphatic heterocycles. The second kappa shape index (κ2) is 7.17. The lowest BCUT2D eigenvalue weighted by molar-refractivity contribution is -0.385. The fourth-order valence-electron chi connectivity index (χ4n) is 1.72. The molecule has 9 heteroatoms. The van der Waals surface area contributed by atoms with E-state index in [1.807, 2.05) is 0 Å². The zero-order valence-corrected chi connectivity index (χ0v) is 13.3. The number of non-ortho nitro benzene ring substituents is 1. The summed E-state index contributed by atoms with van der Waals surface area (Å²) in [7, 11) is 1.30. The van der Waals surface area contributed by atoms with E-state index < -0.39 is 4.92 Å². The van der Waals surface area contributed by atoms with Gasteiger partial charge in [-0.1, -0.05) is 23.2 Å². The van der Waals surface area contributed by atoms with Gasteiger partial charge in [0.1, 0.15) is 0 Å². The molecule has 0 spiro atoms. The van der Waals surface area contributed by atoms with Gasteiger partial charge in [-0.15, -0.1) is 0 Å². The molecule has 0 saturated heterocycles. The minimum absolute atomic E-state index is 0.0183. The zero-order valence-electron chi connectivity index (χ0n) is 11.8. The van der Waals surface area contributed by atoms with Gasteiger partial charge in [0.25, 0.3) is 5.69 Å². The van der Waals surface area contributed by atoms with E-state index in [0.29, 0.717) is 15.7 Å². The highest BCUT2D eigenvalue weighted by Gasteiger charge is 2.15. The Kier molecular flexibility index (Phi) is 5.25. The largest absolute Gasteiger partial charge is 0.504 e. The van der Waals surface area contributed by atoms with Crippen molar-refractivity contribution in [3.8, 4) is 11.5 Å².